The second-order valence-corrected chi connectivity index (χ2v) is 7.93. The van der Waals surface area contributed by atoms with Crippen molar-refractivity contribution in [3.63, 3.8) is 0 Å². The van der Waals surface area contributed by atoms with Crippen LogP contribution < -0.4 is 5.32 Å². The highest BCUT2D eigenvalue weighted by Crippen LogP contribution is 2.23. The number of thiophene rings is 1. The number of hydrogen-bond donors (Lipinski definition) is 1. The number of carbonyl (C=O) groups excluding carboxylic acids is 2. The van der Waals surface area contributed by atoms with Gasteiger partial charge in [-0.25, -0.2) is 0 Å². The molecule has 1 aliphatic heterocycles. The van der Waals surface area contributed by atoms with Gasteiger partial charge in [-0.05, 0) is 30.2 Å². The predicted octanol–water partition coefficient (Wildman–Crippen LogP) is 2.20. The summed E-state index contributed by atoms with van der Waals surface area (Å²) in [6.07, 6.45) is 4.83. The average Bonchev–Trinajstić information content (AvgIpc) is 3.11. The number of nitrogens with zero attached hydrogens (tertiary/aromatic N) is 2. The van der Waals surface area contributed by atoms with Gasteiger partial charge in [0.1, 0.15) is 0 Å². The SMILES string of the molecule is C[C@H]1CCCC[C@@H]1NC(=O)CN1CCN(C(=O)c2cccs2)CC1. The standard InChI is InChI=1S/C18H27N3O2S/c1-14-5-2-3-6-15(14)19-17(22)13-20-8-10-21(11-9-20)18(23)16-7-4-12-24-16/h4,7,12,14-15H,2-3,5-6,8-11,13H2,1H3,(H,19,22)/t14-,15-/m0/s1. The molecule has 1 saturated heterocycles. The van der Waals surface area contributed by atoms with Crippen molar-refractivity contribution in [2.24, 2.45) is 5.92 Å². The maximum atomic E-state index is 12.3. The third-order valence-corrected chi connectivity index (χ3v) is 6.07. The zero-order valence-electron chi connectivity index (χ0n) is 14.4. The first-order chi connectivity index (χ1) is 11.6. The molecular weight excluding hydrogens is 322 g/mol. The zero-order valence-corrected chi connectivity index (χ0v) is 15.2. The molecule has 6 heteroatoms. The summed E-state index contributed by atoms with van der Waals surface area (Å²) in [5.74, 6) is 0.833. The largest absolute Gasteiger partial charge is 0.352 e. The summed E-state index contributed by atoms with van der Waals surface area (Å²) >= 11 is 1.49. The fourth-order valence-corrected chi connectivity index (χ4v) is 4.34. The lowest BCUT2D eigenvalue weighted by Gasteiger charge is -2.35. The van der Waals surface area contributed by atoms with E-state index < -0.39 is 0 Å². The Hall–Kier alpha value is -1.40. The molecular formula is C18H27N3O2S. The molecule has 1 aromatic heterocycles. The molecule has 132 valence electrons. The van der Waals surface area contributed by atoms with Crippen molar-refractivity contribution in [1.29, 1.82) is 0 Å². The highest BCUT2D eigenvalue weighted by atomic mass is 32.1. The maximum absolute atomic E-state index is 12.3. The van der Waals surface area contributed by atoms with Crippen LogP contribution in [0.25, 0.3) is 0 Å². The molecule has 0 radical (unpaired) electrons. The average molecular weight is 350 g/mol. The van der Waals surface area contributed by atoms with Gasteiger partial charge in [-0.15, -0.1) is 11.3 Å². The number of amides is 2. The Labute approximate surface area is 148 Å². The monoisotopic (exact) mass is 349 g/mol. The minimum atomic E-state index is 0.116. The van der Waals surface area contributed by atoms with E-state index in [1.807, 2.05) is 22.4 Å². The lowest BCUT2D eigenvalue weighted by molar-refractivity contribution is -0.123. The molecule has 0 spiro atoms. The van der Waals surface area contributed by atoms with E-state index in [1.54, 1.807) is 0 Å². The molecule has 1 N–H and O–H groups in total. The minimum Gasteiger partial charge on any atom is -0.352 e. The Morgan fingerprint density at radius 2 is 1.96 bits per heavy atom. The van der Waals surface area contributed by atoms with Crippen LogP contribution in [0.4, 0.5) is 0 Å². The topological polar surface area (TPSA) is 52.7 Å². The molecule has 0 bridgehead atoms. The Bertz CT molecular complexity index is 553. The zero-order chi connectivity index (χ0) is 16.9. The van der Waals surface area contributed by atoms with E-state index in [-0.39, 0.29) is 11.8 Å². The normalized spacial score (nSPS) is 25.5. The van der Waals surface area contributed by atoms with Gasteiger partial charge in [-0.1, -0.05) is 25.8 Å². The Kier molecular flexibility index (Phi) is 5.89. The van der Waals surface area contributed by atoms with Gasteiger partial charge in [0.25, 0.3) is 5.91 Å². The molecule has 3 rings (SSSR count). The fourth-order valence-electron chi connectivity index (χ4n) is 3.65. The van der Waals surface area contributed by atoms with Crippen LogP contribution in [-0.4, -0.2) is 60.4 Å². The summed E-state index contributed by atoms with van der Waals surface area (Å²) < 4.78 is 0. The quantitative estimate of drug-likeness (QED) is 0.907. The Morgan fingerprint density at radius 1 is 1.21 bits per heavy atom. The number of piperazine rings is 1. The number of hydrogen-bond acceptors (Lipinski definition) is 4. The highest BCUT2D eigenvalue weighted by molar-refractivity contribution is 7.12. The van der Waals surface area contributed by atoms with E-state index >= 15 is 0 Å². The van der Waals surface area contributed by atoms with Crippen molar-refractivity contribution in [2.45, 2.75) is 38.6 Å². The van der Waals surface area contributed by atoms with Crippen LogP contribution >= 0.6 is 11.3 Å². The van der Waals surface area contributed by atoms with E-state index in [1.165, 1.54) is 30.6 Å². The van der Waals surface area contributed by atoms with E-state index in [0.29, 0.717) is 31.6 Å². The molecule has 2 atom stereocenters. The molecule has 0 aromatic carbocycles. The van der Waals surface area contributed by atoms with Crippen molar-refractivity contribution in [3.8, 4) is 0 Å². The molecule has 24 heavy (non-hydrogen) atoms. The summed E-state index contributed by atoms with van der Waals surface area (Å²) in [5.41, 5.74) is 0. The van der Waals surface area contributed by atoms with Crippen LogP contribution in [0.2, 0.25) is 0 Å². The van der Waals surface area contributed by atoms with E-state index in [4.69, 9.17) is 0 Å². The van der Waals surface area contributed by atoms with Gasteiger partial charge in [0, 0.05) is 32.2 Å². The van der Waals surface area contributed by atoms with E-state index in [2.05, 4.69) is 17.1 Å². The van der Waals surface area contributed by atoms with Gasteiger partial charge in [0.15, 0.2) is 0 Å². The van der Waals surface area contributed by atoms with E-state index in [9.17, 15) is 9.59 Å². The van der Waals surface area contributed by atoms with Gasteiger partial charge in [-0.3, -0.25) is 14.5 Å². The first-order valence-corrected chi connectivity index (χ1v) is 9.86. The molecule has 2 heterocycles. The van der Waals surface area contributed by atoms with Crippen LogP contribution in [0, 0.1) is 5.92 Å². The first-order valence-electron chi connectivity index (χ1n) is 8.98. The van der Waals surface area contributed by atoms with Crippen molar-refractivity contribution in [3.05, 3.63) is 22.4 Å². The predicted molar refractivity (Wildman–Crippen MR) is 96.2 cm³/mol. The summed E-state index contributed by atoms with van der Waals surface area (Å²) in [6, 6.07) is 4.12. The lowest BCUT2D eigenvalue weighted by Crippen LogP contribution is -2.52. The number of rotatable bonds is 4. The molecule has 1 saturated carbocycles. The molecule has 5 nitrogen and oxygen atoms in total. The summed E-state index contributed by atoms with van der Waals surface area (Å²) in [6.45, 7) is 5.62. The van der Waals surface area contributed by atoms with Crippen molar-refractivity contribution in [1.82, 2.24) is 15.1 Å². The molecule has 2 fully saturated rings. The first kappa shape index (κ1) is 17.4. The molecule has 2 amide bonds. The molecule has 1 aromatic rings. The number of carbonyl (C=O) groups is 2. The third-order valence-electron chi connectivity index (χ3n) is 5.22. The highest BCUT2D eigenvalue weighted by Gasteiger charge is 2.26. The minimum absolute atomic E-state index is 0.116. The van der Waals surface area contributed by atoms with Crippen LogP contribution in [0.15, 0.2) is 17.5 Å². The maximum Gasteiger partial charge on any atom is 0.264 e. The van der Waals surface area contributed by atoms with Crippen LogP contribution in [0.1, 0.15) is 42.3 Å². The molecule has 1 aliphatic carbocycles. The van der Waals surface area contributed by atoms with Crippen molar-refractivity contribution >= 4 is 23.2 Å². The van der Waals surface area contributed by atoms with Crippen LogP contribution in [0.5, 0.6) is 0 Å². The summed E-state index contributed by atoms with van der Waals surface area (Å²) in [4.78, 5) is 29.5. The fraction of sp³-hybridized carbons (Fsp3) is 0.667. The van der Waals surface area contributed by atoms with Gasteiger partial charge >= 0.3 is 0 Å². The summed E-state index contributed by atoms with van der Waals surface area (Å²) in [5, 5.41) is 5.14. The molecule has 0 unspecified atom stereocenters. The Morgan fingerprint density at radius 3 is 2.62 bits per heavy atom. The van der Waals surface area contributed by atoms with Crippen molar-refractivity contribution < 1.29 is 9.59 Å². The second-order valence-electron chi connectivity index (χ2n) is 6.98. The third kappa shape index (κ3) is 4.36. The smallest absolute Gasteiger partial charge is 0.264 e. The van der Waals surface area contributed by atoms with E-state index in [0.717, 1.165) is 24.4 Å². The van der Waals surface area contributed by atoms with Gasteiger partial charge < -0.3 is 10.2 Å². The molecule has 2 aliphatic rings. The lowest BCUT2D eigenvalue weighted by atomic mass is 9.86. The number of nitrogens with one attached hydrogen (secondary N) is 1. The van der Waals surface area contributed by atoms with Crippen LogP contribution in [-0.2, 0) is 4.79 Å². The second kappa shape index (κ2) is 8.12. The van der Waals surface area contributed by atoms with Crippen molar-refractivity contribution in [2.75, 3.05) is 32.7 Å². The van der Waals surface area contributed by atoms with Gasteiger partial charge in [-0.2, -0.15) is 0 Å². The van der Waals surface area contributed by atoms with Crippen LogP contribution in [0.3, 0.4) is 0 Å². The summed E-state index contributed by atoms with van der Waals surface area (Å²) in [7, 11) is 0. The Balaban J connectivity index is 1.42. The van der Waals surface area contributed by atoms with Gasteiger partial charge in [0.2, 0.25) is 5.91 Å². The van der Waals surface area contributed by atoms with Gasteiger partial charge in [0.05, 0.1) is 11.4 Å².